The van der Waals surface area contributed by atoms with E-state index in [1.165, 1.54) is 0 Å². The molecule has 122 valence electrons. The maximum absolute atomic E-state index is 5.91. The van der Waals surface area contributed by atoms with Gasteiger partial charge in [0.1, 0.15) is 0 Å². The molecular formula is C19H14BrN5. The van der Waals surface area contributed by atoms with Crippen LogP contribution in [0.4, 0.5) is 17.5 Å². The highest BCUT2D eigenvalue weighted by Crippen LogP contribution is 2.35. The van der Waals surface area contributed by atoms with Crippen molar-refractivity contribution in [2.75, 3.05) is 9.66 Å². The third-order valence-corrected chi connectivity index (χ3v) is 4.62. The minimum Gasteiger partial charge on any atom is -0.368 e. The van der Waals surface area contributed by atoms with Crippen molar-refractivity contribution in [1.29, 1.82) is 0 Å². The lowest BCUT2D eigenvalue weighted by atomic mass is 10.0. The van der Waals surface area contributed by atoms with Crippen LogP contribution in [0.3, 0.4) is 0 Å². The fourth-order valence-electron chi connectivity index (χ4n) is 2.68. The highest BCUT2D eigenvalue weighted by Gasteiger charge is 2.14. The van der Waals surface area contributed by atoms with Crippen molar-refractivity contribution >= 4 is 44.5 Å². The topological polar surface area (TPSA) is 67.9 Å². The first kappa shape index (κ1) is 15.5. The lowest BCUT2D eigenvalue weighted by Crippen LogP contribution is -2.07. The monoisotopic (exact) mass is 391 g/mol. The van der Waals surface area contributed by atoms with Gasteiger partial charge in [0, 0.05) is 17.8 Å². The van der Waals surface area contributed by atoms with Crippen LogP contribution in [0.5, 0.6) is 0 Å². The van der Waals surface area contributed by atoms with Crippen LogP contribution in [-0.2, 0) is 0 Å². The number of halogens is 1. The molecule has 2 aromatic heterocycles. The largest absolute Gasteiger partial charge is 0.368 e. The molecule has 25 heavy (non-hydrogen) atoms. The number of fused-ring (bicyclic) bond motifs is 1. The highest BCUT2D eigenvalue weighted by molar-refractivity contribution is 9.10. The average Bonchev–Trinajstić information content (AvgIpc) is 2.68. The van der Waals surface area contributed by atoms with Gasteiger partial charge in [-0.05, 0) is 47.5 Å². The Balaban J connectivity index is 1.91. The number of hydrogen-bond acceptors (Lipinski definition) is 5. The van der Waals surface area contributed by atoms with Crippen LogP contribution >= 0.6 is 16.1 Å². The second-order valence-corrected chi connectivity index (χ2v) is 6.20. The van der Waals surface area contributed by atoms with Gasteiger partial charge >= 0.3 is 0 Å². The standard InChI is InChI=1S/C19H14BrN5/c20-25(15-4-2-1-3-5-15)18-16-12-14(13-8-10-22-11-9-13)6-7-17(16)23-19(21)24-18/h1-12H,(H2,21,23,24). The van der Waals surface area contributed by atoms with Gasteiger partial charge in [-0.2, -0.15) is 4.98 Å². The summed E-state index contributed by atoms with van der Waals surface area (Å²) in [5, 5.41) is 0.907. The predicted molar refractivity (Wildman–Crippen MR) is 105 cm³/mol. The number of nitrogens with zero attached hydrogens (tertiary/aromatic N) is 4. The quantitative estimate of drug-likeness (QED) is 0.511. The van der Waals surface area contributed by atoms with Crippen LogP contribution in [0, 0.1) is 0 Å². The van der Waals surface area contributed by atoms with E-state index in [2.05, 4.69) is 37.2 Å². The third-order valence-electron chi connectivity index (χ3n) is 3.88. The smallest absolute Gasteiger partial charge is 0.222 e. The summed E-state index contributed by atoms with van der Waals surface area (Å²) >= 11 is 3.61. The summed E-state index contributed by atoms with van der Waals surface area (Å²) in [5.74, 6) is 0.934. The van der Waals surface area contributed by atoms with E-state index >= 15 is 0 Å². The van der Waals surface area contributed by atoms with Gasteiger partial charge in [0.25, 0.3) is 0 Å². The van der Waals surface area contributed by atoms with Gasteiger partial charge in [0.15, 0.2) is 5.82 Å². The molecule has 0 aliphatic rings. The van der Waals surface area contributed by atoms with Gasteiger partial charge < -0.3 is 5.73 Å². The third kappa shape index (κ3) is 3.04. The molecule has 0 amide bonds. The number of hydrogen-bond donors (Lipinski definition) is 1. The lowest BCUT2D eigenvalue weighted by Gasteiger charge is -2.18. The van der Waals surface area contributed by atoms with Crippen molar-refractivity contribution in [3.8, 4) is 11.1 Å². The second-order valence-electron chi connectivity index (χ2n) is 5.49. The van der Waals surface area contributed by atoms with Gasteiger partial charge in [-0.25, -0.2) is 4.98 Å². The van der Waals surface area contributed by atoms with Crippen molar-refractivity contribution in [3.05, 3.63) is 73.1 Å². The average molecular weight is 392 g/mol. The molecule has 0 spiro atoms. The van der Waals surface area contributed by atoms with E-state index in [9.17, 15) is 0 Å². The molecule has 4 aromatic rings. The van der Waals surface area contributed by atoms with Crippen molar-refractivity contribution < 1.29 is 0 Å². The molecule has 2 heterocycles. The van der Waals surface area contributed by atoms with Gasteiger partial charge in [0.2, 0.25) is 5.95 Å². The maximum atomic E-state index is 5.91. The van der Waals surface area contributed by atoms with Gasteiger partial charge in [0.05, 0.1) is 27.4 Å². The first-order valence-corrected chi connectivity index (χ1v) is 8.42. The fraction of sp³-hybridized carbons (Fsp3) is 0. The Morgan fingerprint density at radius 1 is 0.840 bits per heavy atom. The van der Waals surface area contributed by atoms with E-state index in [1.54, 1.807) is 12.4 Å². The Labute approximate surface area is 153 Å². The SMILES string of the molecule is Nc1nc(N(Br)c2ccccc2)c2cc(-c3ccncc3)ccc2n1. The van der Waals surface area contributed by atoms with Crippen molar-refractivity contribution in [2.24, 2.45) is 0 Å². The zero-order chi connectivity index (χ0) is 17.2. The number of rotatable bonds is 3. The predicted octanol–water partition coefficient (Wildman–Crippen LogP) is 4.72. The minimum absolute atomic E-state index is 0.236. The van der Waals surface area contributed by atoms with Crippen LogP contribution in [0.15, 0.2) is 73.1 Å². The Hall–Kier alpha value is -2.99. The van der Waals surface area contributed by atoms with E-state index in [0.29, 0.717) is 5.82 Å². The molecule has 0 radical (unpaired) electrons. The van der Waals surface area contributed by atoms with Gasteiger partial charge in [-0.15, -0.1) is 0 Å². The van der Waals surface area contributed by atoms with E-state index in [0.717, 1.165) is 27.7 Å². The maximum Gasteiger partial charge on any atom is 0.222 e. The number of nitrogens with two attached hydrogens (primary N) is 1. The molecule has 0 saturated carbocycles. The summed E-state index contributed by atoms with van der Waals surface area (Å²) in [4.78, 5) is 12.9. The Morgan fingerprint density at radius 3 is 2.36 bits per heavy atom. The van der Waals surface area contributed by atoms with E-state index in [4.69, 9.17) is 5.73 Å². The summed E-state index contributed by atoms with van der Waals surface area (Å²) in [6.45, 7) is 0. The molecule has 4 rings (SSSR count). The van der Waals surface area contributed by atoms with Crippen LogP contribution < -0.4 is 9.66 Å². The van der Waals surface area contributed by atoms with Gasteiger partial charge in [-0.1, -0.05) is 24.3 Å². The molecule has 0 fully saturated rings. The van der Waals surface area contributed by atoms with Crippen LogP contribution in [0.1, 0.15) is 0 Å². The molecule has 5 nitrogen and oxygen atoms in total. The normalized spacial score (nSPS) is 10.8. The zero-order valence-corrected chi connectivity index (χ0v) is 14.8. The number of pyridine rings is 1. The number of para-hydroxylation sites is 1. The Kier molecular flexibility index (Phi) is 4.03. The molecule has 2 aromatic carbocycles. The number of aromatic nitrogens is 3. The molecule has 2 N–H and O–H groups in total. The zero-order valence-electron chi connectivity index (χ0n) is 13.2. The van der Waals surface area contributed by atoms with Crippen LogP contribution in [0.25, 0.3) is 22.0 Å². The van der Waals surface area contributed by atoms with Crippen LogP contribution in [0.2, 0.25) is 0 Å². The number of benzene rings is 2. The summed E-state index contributed by atoms with van der Waals surface area (Å²) < 4.78 is 1.84. The molecule has 0 atom stereocenters. The Bertz CT molecular complexity index is 1020. The van der Waals surface area contributed by atoms with Crippen molar-refractivity contribution in [2.45, 2.75) is 0 Å². The van der Waals surface area contributed by atoms with E-state index in [1.807, 2.05) is 58.5 Å². The lowest BCUT2D eigenvalue weighted by molar-refractivity contribution is 1.21. The summed E-state index contributed by atoms with van der Waals surface area (Å²) in [6, 6.07) is 19.9. The molecule has 0 aliphatic heterocycles. The van der Waals surface area contributed by atoms with E-state index in [-0.39, 0.29) is 5.95 Å². The van der Waals surface area contributed by atoms with Gasteiger partial charge in [-0.3, -0.25) is 8.91 Å². The summed E-state index contributed by atoms with van der Waals surface area (Å²) in [7, 11) is 0. The molecule has 0 aliphatic carbocycles. The highest BCUT2D eigenvalue weighted by atomic mass is 79.9. The van der Waals surface area contributed by atoms with Crippen molar-refractivity contribution in [3.63, 3.8) is 0 Å². The number of anilines is 3. The fourth-order valence-corrected chi connectivity index (χ4v) is 3.19. The molecule has 6 heteroatoms. The summed E-state index contributed by atoms with van der Waals surface area (Å²) in [6.07, 6.45) is 3.56. The molecule has 0 bridgehead atoms. The minimum atomic E-state index is 0.236. The van der Waals surface area contributed by atoms with Crippen LogP contribution in [-0.4, -0.2) is 15.0 Å². The number of nitrogen functional groups attached to an aromatic ring is 1. The first-order valence-electron chi connectivity index (χ1n) is 7.71. The molecule has 0 saturated heterocycles. The molecule has 0 unspecified atom stereocenters. The second kappa shape index (κ2) is 6.49. The molecular weight excluding hydrogens is 378 g/mol. The Morgan fingerprint density at radius 2 is 1.60 bits per heavy atom. The summed E-state index contributed by atoms with van der Waals surface area (Å²) in [5.41, 5.74) is 9.81. The van der Waals surface area contributed by atoms with E-state index < -0.39 is 0 Å². The van der Waals surface area contributed by atoms with Crippen molar-refractivity contribution in [1.82, 2.24) is 15.0 Å². The first-order chi connectivity index (χ1) is 12.2.